The highest BCUT2D eigenvalue weighted by atomic mass is 16.5. The maximum absolute atomic E-state index is 13.7. The minimum Gasteiger partial charge on any atom is -0.492 e. The quantitative estimate of drug-likeness (QED) is 0.287. The van der Waals surface area contributed by atoms with Crippen LogP contribution in [0.4, 0.5) is 0 Å². The number of carbonyl (C=O) groups excluding carboxylic acids is 2. The minimum atomic E-state index is -1.77. The van der Waals surface area contributed by atoms with E-state index in [-0.39, 0.29) is 40.7 Å². The number of ether oxygens (including phenoxy) is 2. The Balaban J connectivity index is 2.44. The van der Waals surface area contributed by atoms with Gasteiger partial charge in [-0.1, -0.05) is 51.0 Å². The first-order valence-corrected chi connectivity index (χ1v) is 11.7. The van der Waals surface area contributed by atoms with Gasteiger partial charge in [0.2, 0.25) is 0 Å². The second kappa shape index (κ2) is 12.2. The van der Waals surface area contributed by atoms with Crippen LogP contribution in [-0.4, -0.2) is 60.4 Å². The second-order valence-corrected chi connectivity index (χ2v) is 9.75. The molecule has 2 amide bonds. The lowest BCUT2D eigenvalue weighted by Gasteiger charge is -2.39. The molecule has 35 heavy (non-hydrogen) atoms. The largest absolute Gasteiger partial charge is 0.492 e. The molecular formula is C26H37BN2O6. The number of rotatable bonds is 9. The fourth-order valence-corrected chi connectivity index (χ4v) is 4.11. The molecule has 0 unspecified atom stereocenters. The molecule has 2 rings (SSSR count). The molecular weight excluding hydrogens is 447 g/mol. The van der Waals surface area contributed by atoms with Crippen LogP contribution in [0.1, 0.15) is 66.0 Å². The number of hydrazine groups is 1. The Morgan fingerprint density at radius 2 is 1.66 bits per heavy atom. The van der Waals surface area contributed by atoms with Gasteiger partial charge in [-0.15, -0.1) is 0 Å². The lowest BCUT2D eigenvalue weighted by Crippen LogP contribution is -2.56. The van der Waals surface area contributed by atoms with E-state index in [1.807, 2.05) is 59.7 Å². The number of amides is 2. The van der Waals surface area contributed by atoms with Crippen LogP contribution in [0.3, 0.4) is 0 Å². The number of hydrogen-bond donors (Lipinski definition) is 3. The smallest absolute Gasteiger partial charge is 0.492 e. The van der Waals surface area contributed by atoms with Crippen molar-refractivity contribution in [2.24, 2.45) is 5.41 Å². The first-order valence-electron chi connectivity index (χ1n) is 11.7. The third-order valence-electron chi connectivity index (χ3n) is 5.71. The number of hydrogen-bond acceptors (Lipinski definition) is 6. The molecule has 0 aromatic heterocycles. The molecule has 1 atom stereocenters. The van der Waals surface area contributed by atoms with E-state index < -0.39 is 13.0 Å². The van der Waals surface area contributed by atoms with Gasteiger partial charge in [0.15, 0.2) is 0 Å². The summed E-state index contributed by atoms with van der Waals surface area (Å²) in [7, 11) is -0.243. The summed E-state index contributed by atoms with van der Waals surface area (Å²) in [4.78, 5) is 27.0. The average Bonchev–Trinajstić information content (AvgIpc) is 2.76. The first-order chi connectivity index (χ1) is 16.4. The van der Waals surface area contributed by atoms with E-state index in [4.69, 9.17) is 9.47 Å². The number of carbonyl (C=O) groups is 2. The van der Waals surface area contributed by atoms with E-state index >= 15 is 0 Å². The van der Waals surface area contributed by atoms with Crippen molar-refractivity contribution in [3.05, 3.63) is 58.7 Å². The lowest BCUT2D eigenvalue weighted by atomic mass is 9.79. The predicted molar refractivity (Wildman–Crippen MR) is 137 cm³/mol. The normalized spacial score (nSPS) is 12.1. The maximum atomic E-state index is 13.7. The van der Waals surface area contributed by atoms with Gasteiger partial charge in [0.1, 0.15) is 12.4 Å². The van der Waals surface area contributed by atoms with Crippen molar-refractivity contribution in [2.75, 3.05) is 20.3 Å². The number of nitrogens with zero attached hydrogens (tertiary/aromatic N) is 1. The highest BCUT2D eigenvalue weighted by molar-refractivity contribution is 6.59. The number of methoxy groups -OCH3 is 1. The van der Waals surface area contributed by atoms with Crippen LogP contribution in [0, 0.1) is 19.3 Å². The van der Waals surface area contributed by atoms with Crippen LogP contribution in [0.15, 0.2) is 36.4 Å². The molecule has 0 aliphatic carbocycles. The SMILES string of the molecule is CC[C@@H](N(NC(=O)c1ccc(B(O)O)c(OCCOC)c1)C(=O)c1cc(C)cc(C)c1)C(C)(C)C. The molecule has 0 heterocycles. The van der Waals surface area contributed by atoms with Crippen LogP contribution in [0.2, 0.25) is 0 Å². The predicted octanol–water partition coefficient (Wildman–Crippen LogP) is 2.62. The third-order valence-corrected chi connectivity index (χ3v) is 5.71. The van der Waals surface area contributed by atoms with Gasteiger partial charge in [-0.05, 0) is 49.9 Å². The standard InChI is InChI=1S/C26H37BN2O6/c1-8-23(26(4,5)6)29(25(31)20-14-17(2)13-18(3)15-20)28-24(30)19-9-10-21(27(32)33)22(16-19)35-12-11-34-7/h9-10,13-16,23,32-33H,8,11-12H2,1-7H3,(H,28,30)/t23-/m1/s1. The molecule has 0 bridgehead atoms. The van der Waals surface area contributed by atoms with Gasteiger partial charge in [-0.3, -0.25) is 15.0 Å². The van der Waals surface area contributed by atoms with E-state index in [2.05, 4.69) is 5.43 Å². The molecule has 0 aliphatic heterocycles. The fraction of sp³-hybridized carbons (Fsp3) is 0.462. The van der Waals surface area contributed by atoms with E-state index in [1.165, 1.54) is 30.3 Å². The van der Waals surface area contributed by atoms with Gasteiger partial charge >= 0.3 is 7.12 Å². The number of nitrogens with one attached hydrogen (secondary N) is 1. The van der Waals surface area contributed by atoms with Crippen molar-refractivity contribution < 1.29 is 29.1 Å². The summed E-state index contributed by atoms with van der Waals surface area (Å²) in [6.07, 6.45) is 0.626. The zero-order valence-corrected chi connectivity index (χ0v) is 21.7. The molecule has 0 saturated heterocycles. The summed E-state index contributed by atoms with van der Waals surface area (Å²) in [5, 5.41) is 20.7. The molecule has 0 radical (unpaired) electrons. The molecule has 9 heteroatoms. The van der Waals surface area contributed by atoms with Gasteiger partial charge in [0, 0.05) is 23.7 Å². The highest BCUT2D eigenvalue weighted by Gasteiger charge is 2.34. The summed E-state index contributed by atoms with van der Waals surface area (Å²) in [5.74, 6) is -0.661. The summed E-state index contributed by atoms with van der Waals surface area (Å²) >= 11 is 0. The lowest BCUT2D eigenvalue weighted by molar-refractivity contribution is 0.0284. The Bertz CT molecular complexity index is 1010. The van der Waals surface area contributed by atoms with Crippen LogP contribution >= 0.6 is 0 Å². The van der Waals surface area contributed by atoms with Crippen molar-refractivity contribution in [3.8, 4) is 5.75 Å². The van der Waals surface area contributed by atoms with Crippen molar-refractivity contribution in [2.45, 2.75) is 54.0 Å². The molecule has 0 aliphatic rings. The number of aryl methyl sites for hydroxylation is 2. The van der Waals surface area contributed by atoms with Gasteiger partial charge in [-0.25, -0.2) is 5.01 Å². The monoisotopic (exact) mass is 484 g/mol. The Labute approximate surface area is 208 Å². The zero-order valence-electron chi connectivity index (χ0n) is 21.7. The van der Waals surface area contributed by atoms with E-state index in [0.29, 0.717) is 18.6 Å². The molecule has 0 spiro atoms. The minimum absolute atomic E-state index is 0.127. The van der Waals surface area contributed by atoms with Gasteiger partial charge in [-0.2, -0.15) is 0 Å². The van der Waals surface area contributed by atoms with E-state index in [1.54, 1.807) is 0 Å². The van der Waals surface area contributed by atoms with E-state index in [9.17, 15) is 19.6 Å². The maximum Gasteiger partial charge on any atom is 0.492 e. The fourth-order valence-electron chi connectivity index (χ4n) is 4.11. The molecule has 3 N–H and O–H groups in total. The summed E-state index contributed by atoms with van der Waals surface area (Å²) in [5.41, 5.74) is 5.25. The molecule has 2 aromatic rings. The Hall–Kier alpha value is -2.88. The summed E-state index contributed by atoms with van der Waals surface area (Å²) in [6, 6.07) is 9.63. The van der Waals surface area contributed by atoms with Crippen LogP contribution in [0.25, 0.3) is 0 Å². The molecule has 190 valence electrons. The first kappa shape index (κ1) is 28.4. The molecule has 0 saturated carbocycles. The summed E-state index contributed by atoms with van der Waals surface area (Å²) in [6.45, 7) is 12.4. The highest BCUT2D eigenvalue weighted by Crippen LogP contribution is 2.28. The van der Waals surface area contributed by atoms with Crippen molar-refractivity contribution in [3.63, 3.8) is 0 Å². The van der Waals surface area contributed by atoms with Crippen molar-refractivity contribution >= 4 is 24.4 Å². The van der Waals surface area contributed by atoms with Crippen LogP contribution < -0.4 is 15.6 Å². The topological polar surface area (TPSA) is 108 Å². The number of benzene rings is 2. The third kappa shape index (κ3) is 7.55. The average molecular weight is 484 g/mol. The molecule has 8 nitrogen and oxygen atoms in total. The zero-order chi connectivity index (χ0) is 26.3. The van der Waals surface area contributed by atoms with Gasteiger partial charge in [0.25, 0.3) is 11.8 Å². The van der Waals surface area contributed by atoms with Crippen molar-refractivity contribution in [1.82, 2.24) is 10.4 Å². The molecule has 0 fully saturated rings. The molecule has 2 aromatic carbocycles. The van der Waals surface area contributed by atoms with Crippen LogP contribution in [0.5, 0.6) is 5.75 Å². The second-order valence-electron chi connectivity index (χ2n) is 9.75. The van der Waals surface area contributed by atoms with Gasteiger partial charge < -0.3 is 19.5 Å². The van der Waals surface area contributed by atoms with Gasteiger partial charge in [0.05, 0.1) is 12.6 Å². The van der Waals surface area contributed by atoms with Crippen molar-refractivity contribution in [1.29, 1.82) is 0 Å². The Morgan fingerprint density at radius 1 is 1.03 bits per heavy atom. The Morgan fingerprint density at radius 3 is 2.17 bits per heavy atom. The van der Waals surface area contributed by atoms with Crippen LogP contribution in [-0.2, 0) is 4.74 Å². The Kier molecular flexibility index (Phi) is 9.88. The summed E-state index contributed by atoms with van der Waals surface area (Å²) < 4.78 is 10.6. The van der Waals surface area contributed by atoms with E-state index in [0.717, 1.165) is 11.1 Å².